The number of amides is 1. The predicted octanol–water partition coefficient (Wildman–Crippen LogP) is 3.33. The zero-order valence-electron chi connectivity index (χ0n) is 15.7. The summed E-state index contributed by atoms with van der Waals surface area (Å²) in [5.41, 5.74) is 1.73. The normalized spacial score (nSPS) is 12.0. The van der Waals surface area contributed by atoms with Gasteiger partial charge in [0.15, 0.2) is 5.82 Å². The number of nitrogens with two attached hydrogens (primary N) is 1. The molecule has 3 aromatic rings. The number of carbonyl (C=O) groups excluding carboxylic acids is 1. The van der Waals surface area contributed by atoms with E-state index in [0.717, 1.165) is 5.56 Å². The molecule has 0 spiro atoms. The van der Waals surface area contributed by atoms with Crippen molar-refractivity contribution in [3.05, 3.63) is 66.0 Å². The number of nitrogen functional groups attached to an aromatic ring is 1. The molecule has 0 aliphatic carbocycles. The summed E-state index contributed by atoms with van der Waals surface area (Å²) < 4.78 is 14.4. The Morgan fingerprint density at radius 2 is 1.86 bits per heavy atom. The Labute approximate surface area is 167 Å². The molecule has 8 heteroatoms. The Morgan fingerprint density at radius 3 is 2.50 bits per heavy atom. The maximum Gasteiger partial charge on any atom is 0.236 e. The first-order valence-corrected chi connectivity index (χ1v) is 9.83. The van der Waals surface area contributed by atoms with E-state index in [4.69, 9.17) is 5.84 Å². The van der Waals surface area contributed by atoms with Crippen LogP contribution in [0.15, 0.2) is 59.8 Å². The topological polar surface area (TPSA) is 77.0 Å². The first kappa shape index (κ1) is 19.9. The Bertz CT molecular complexity index is 930. The Kier molecular flexibility index (Phi) is 6.30. The lowest BCUT2D eigenvalue weighted by Gasteiger charge is -2.24. The minimum atomic E-state index is -0.378. The number of nitrogens with zero attached hydrogens (tertiary/aromatic N) is 4. The summed E-state index contributed by atoms with van der Waals surface area (Å²) in [6.45, 7) is 4.94. The van der Waals surface area contributed by atoms with Crippen LogP contribution in [0.2, 0.25) is 0 Å². The third-order valence-electron chi connectivity index (χ3n) is 4.31. The zero-order valence-corrected chi connectivity index (χ0v) is 16.6. The summed E-state index contributed by atoms with van der Waals surface area (Å²) in [6, 6.07) is 15.7. The molecular formula is C20H22FN5OS. The fourth-order valence-electron chi connectivity index (χ4n) is 2.77. The highest BCUT2D eigenvalue weighted by atomic mass is 32.2. The second kappa shape index (κ2) is 8.88. The number of hydrogen-bond acceptors (Lipinski definition) is 5. The Hall–Kier alpha value is -2.87. The number of carbonyl (C=O) groups is 1. The van der Waals surface area contributed by atoms with Gasteiger partial charge in [-0.3, -0.25) is 4.79 Å². The van der Waals surface area contributed by atoms with Crippen LogP contribution in [0, 0.1) is 5.82 Å². The van der Waals surface area contributed by atoms with Crippen LogP contribution in [0.1, 0.15) is 19.4 Å². The van der Waals surface area contributed by atoms with Crippen molar-refractivity contribution in [1.82, 2.24) is 19.8 Å². The summed E-state index contributed by atoms with van der Waals surface area (Å²) >= 11 is 1.25. The lowest BCUT2D eigenvalue weighted by Crippen LogP contribution is -2.36. The highest BCUT2D eigenvalue weighted by molar-refractivity contribution is 8.00. The lowest BCUT2D eigenvalue weighted by atomic mass is 10.2. The summed E-state index contributed by atoms with van der Waals surface area (Å²) in [6.07, 6.45) is 0. The van der Waals surface area contributed by atoms with Gasteiger partial charge >= 0.3 is 0 Å². The molecule has 0 aliphatic rings. The van der Waals surface area contributed by atoms with Gasteiger partial charge in [0.1, 0.15) is 5.82 Å². The van der Waals surface area contributed by atoms with Crippen LogP contribution in [-0.2, 0) is 11.3 Å². The van der Waals surface area contributed by atoms with E-state index in [1.807, 2.05) is 44.2 Å². The van der Waals surface area contributed by atoms with Crippen molar-refractivity contribution in [3.8, 4) is 11.4 Å². The van der Waals surface area contributed by atoms with E-state index < -0.39 is 0 Å². The first-order chi connectivity index (χ1) is 13.5. The fourth-order valence-corrected chi connectivity index (χ4v) is 3.62. The Morgan fingerprint density at radius 1 is 1.18 bits per heavy atom. The molecule has 0 saturated heterocycles. The highest BCUT2D eigenvalue weighted by Crippen LogP contribution is 2.26. The highest BCUT2D eigenvalue weighted by Gasteiger charge is 2.23. The number of hydrogen-bond donors (Lipinski definition) is 1. The van der Waals surface area contributed by atoms with Gasteiger partial charge in [-0.25, -0.2) is 9.07 Å². The van der Waals surface area contributed by atoms with E-state index in [-0.39, 0.29) is 17.0 Å². The maximum absolute atomic E-state index is 13.1. The Balaban J connectivity index is 1.70. The van der Waals surface area contributed by atoms with Gasteiger partial charge in [0, 0.05) is 18.7 Å². The molecule has 2 N–H and O–H groups in total. The molecule has 1 unspecified atom stereocenters. The van der Waals surface area contributed by atoms with Crippen molar-refractivity contribution in [1.29, 1.82) is 0 Å². The molecule has 1 heterocycles. The molecule has 0 fully saturated rings. The number of aromatic nitrogens is 3. The minimum absolute atomic E-state index is 0.00249. The molecule has 1 aromatic heterocycles. The summed E-state index contributed by atoms with van der Waals surface area (Å²) in [4.78, 5) is 14.7. The SMILES string of the molecule is CCN(Cc1ccccc1)C(=O)C(C)Sc1nnc(-c2ccc(F)cc2)n1N. The standard InChI is InChI=1S/C20H22FN5OS/c1-3-25(13-15-7-5-4-6-8-15)19(27)14(2)28-20-24-23-18(26(20)22)16-9-11-17(21)12-10-16/h4-12,14H,3,13,22H2,1-2H3. The van der Waals surface area contributed by atoms with Crippen molar-refractivity contribution in [2.45, 2.75) is 30.8 Å². The van der Waals surface area contributed by atoms with E-state index in [2.05, 4.69) is 10.2 Å². The molecular weight excluding hydrogens is 377 g/mol. The van der Waals surface area contributed by atoms with Crippen molar-refractivity contribution in [2.75, 3.05) is 12.4 Å². The summed E-state index contributed by atoms with van der Waals surface area (Å²) in [7, 11) is 0. The smallest absolute Gasteiger partial charge is 0.236 e. The molecule has 1 atom stereocenters. The van der Waals surface area contributed by atoms with Crippen LogP contribution >= 0.6 is 11.8 Å². The van der Waals surface area contributed by atoms with Gasteiger partial charge in [0.2, 0.25) is 11.1 Å². The van der Waals surface area contributed by atoms with Crippen molar-refractivity contribution in [3.63, 3.8) is 0 Å². The van der Waals surface area contributed by atoms with Crippen molar-refractivity contribution in [2.24, 2.45) is 0 Å². The quantitative estimate of drug-likeness (QED) is 0.487. The zero-order chi connectivity index (χ0) is 20.1. The molecule has 0 aliphatic heterocycles. The lowest BCUT2D eigenvalue weighted by molar-refractivity contribution is -0.130. The number of benzene rings is 2. The molecule has 0 radical (unpaired) electrons. The van der Waals surface area contributed by atoms with Crippen LogP contribution in [0.25, 0.3) is 11.4 Å². The molecule has 1 amide bonds. The third kappa shape index (κ3) is 4.51. The van der Waals surface area contributed by atoms with Gasteiger partial charge in [-0.05, 0) is 43.7 Å². The number of rotatable bonds is 7. The maximum atomic E-state index is 13.1. The summed E-state index contributed by atoms with van der Waals surface area (Å²) in [5.74, 6) is 6.19. The van der Waals surface area contributed by atoms with Gasteiger partial charge in [-0.15, -0.1) is 10.2 Å². The van der Waals surface area contributed by atoms with Crippen LogP contribution < -0.4 is 5.84 Å². The van der Waals surface area contributed by atoms with E-state index in [1.165, 1.54) is 28.6 Å². The van der Waals surface area contributed by atoms with E-state index in [1.54, 1.807) is 17.0 Å². The monoisotopic (exact) mass is 399 g/mol. The predicted molar refractivity (Wildman–Crippen MR) is 108 cm³/mol. The number of thioether (sulfide) groups is 1. The molecule has 0 saturated carbocycles. The largest absolute Gasteiger partial charge is 0.338 e. The van der Waals surface area contributed by atoms with Gasteiger partial charge in [0.25, 0.3) is 0 Å². The average Bonchev–Trinajstić information content (AvgIpc) is 3.07. The van der Waals surface area contributed by atoms with E-state index in [0.29, 0.717) is 29.6 Å². The second-order valence-corrected chi connectivity index (χ2v) is 7.59. The first-order valence-electron chi connectivity index (χ1n) is 8.95. The molecule has 3 rings (SSSR count). The van der Waals surface area contributed by atoms with Gasteiger partial charge < -0.3 is 10.7 Å². The van der Waals surface area contributed by atoms with Crippen molar-refractivity contribution < 1.29 is 9.18 Å². The van der Waals surface area contributed by atoms with Gasteiger partial charge in [-0.2, -0.15) is 0 Å². The average molecular weight is 399 g/mol. The minimum Gasteiger partial charge on any atom is -0.338 e. The number of halogens is 1. The van der Waals surface area contributed by atoms with Gasteiger partial charge in [-0.1, -0.05) is 42.1 Å². The molecule has 2 aromatic carbocycles. The van der Waals surface area contributed by atoms with E-state index >= 15 is 0 Å². The van der Waals surface area contributed by atoms with E-state index in [9.17, 15) is 9.18 Å². The van der Waals surface area contributed by atoms with Crippen LogP contribution in [0.4, 0.5) is 4.39 Å². The van der Waals surface area contributed by atoms with Crippen LogP contribution in [0.3, 0.4) is 0 Å². The molecule has 0 bridgehead atoms. The van der Waals surface area contributed by atoms with Crippen LogP contribution in [-0.4, -0.2) is 37.5 Å². The summed E-state index contributed by atoms with van der Waals surface area (Å²) in [5, 5.41) is 8.22. The van der Waals surface area contributed by atoms with Crippen molar-refractivity contribution >= 4 is 17.7 Å². The van der Waals surface area contributed by atoms with Gasteiger partial charge in [0.05, 0.1) is 5.25 Å². The fraction of sp³-hybridized carbons (Fsp3) is 0.250. The molecule has 28 heavy (non-hydrogen) atoms. The second-order valence-electron chi connectivity index (χ2n) is 6.28. The third-order valence-corrected chi connectivity index (χ3v) is 5.35. The molecule has 6 nitrogen and oxygen atoms in total. The van der Waals surface area contributed by atoms with Crippen LogP contribution in [0.5, 0.6) is 0 Å². The molecule has 146 valence electrons.